The molecule has 2 heterocycles. The van der Waals surface area contributed by atoms with Crippen LogP contribution in [0.25, 0.3) is 10.1 Å². The van der Waals surface area contributed by atoms with Crippen LogP contribution >= 0.6 is 23.7 Å². The Morgan fingerprint density at radius 1 is 1.37 bits per heavy atom. The second kappa shape index (κ2) is 9.34. The lowest BCUT2D eigenvalue weighted by atomic mass is 9.96. The molecule has 2 aromatic rings. The van der Waals surface area contributed by atoms with E-state index in [1.807, 2.05) is 0 Å². The minimum Gasteiger partial charge on any atom is -0.462 e. The van der Waals surface area contributed by atoms with Crippen LogP contribution in [-0.4, -0.2) is 44.9 Å². The molecule has 0 radical (unpaired) electrons. The maximum absolute atomic E-state index is 13.0. The molecular weight excluding hydrogens is 408 g/mol. The predicted octanol–water partition coefficient (Wildman–Crippen LogP) is 3.25. The standard InChI is InChI=1S/C18H24N2O4S2.ClH/c1-2-24-18(21)17-11-14-10-15(5-6-16(14)25-17)26(22,23)20-9-3-4-13(12-20)7-8-19;/h5-6,10-11,13H,2-4,7-9,12,19H2,1H3;1H. The van der Waals surface area contributed by atoms with Crippen LogP contribution in [0.15, 0.2) is 29.2 Å². The number of carbonyl (C=O) groups excluding carboxylic acids is 1. The zero-order chi connectivity index (χ0) is 18.7. The summed E-state index contributed by atoms with van der Waals surface area (Å²) in [5.41, 5.74) is 5.63. The van der Waals surface area contributed by atoms with Gasteiger partial charge in [-0.05, 0) is 68.3 Å². The number of nitrogens with two attached hydrogens (primary N) is 1. The van der Waals surface area contributed by atoms with Crippen LogP contribution in [0.3, 0.4) is 0 Å². The number of halogens is 1. The number of esters is 1. The minimum atomic E-state index is -3.54. The molecule has 1 aliphatic rings. The average molecular weight is 433 g/mol. The van der Waals surface area contributed by atoms with Crippen LogP contribution in [0.2, 0.25) is 0 Å². The van der Waals surface area contributed by atoms with E-state index < -0.39 is 10.0 Å². The largest absolute Gasteiger partial charge is 0.462 e. The third kappa shape index (κ3) is 4.81. The molecule has 150 valence electrons. The van der Waals surface area contributed by atoms with E-state index in [2.05, 4.69) is 0 Å². The van der Waals surface area contributed by atoms with Crippen molar-refractivity contribution in [1.82, 2.24) is 4.31 Å². The number of thiophene rings is 1. The third-order valence-corrected chi connectivity index (χ3v) is 7.62. The Kier molecular flexibility index (Phi) is 7.64. The van der Waals surface area contributed by atoms with E-state index in [0.717, 1.165) is 29.3 Å². The lowest BCUT2D eigenvalue weighted by Crippen LogP contribution is -2.40. The molecule has 3 rings (SSSR count). The zero-order valence-corrected chi connectivity index (χ0v) is 17.7. The molecule has 1 aliphatic heterocycles. The van der Waals surface area contributed by atoms with E-state index in [9.17, 15) is 13.2 Å². The molecule has 1 unspecified atom stereocenters. The lowest BCUT2D eigenvalue weighted by molar-refractivity contribution is 0.0532. The smallest absolute Gasteiger partial charge is 0.348 e. The van der Waals surface area contributed by atoms with Gasteiger partial charge in [0.05, 0.1) is 11.5 Å². The van der Waals surface area contributed by atoms with Crippen LogP contribution in [0.4, 0.5) is 0 Å². The van der Waals surface area contributed by atoms with Crippen LogP contribution in [0.1, 0.15) is 35.9 Å². The third-order valence-electron chi connectivity index (χ3n) is 4.66. The summed E-state index contributed by atoms with van der Waals surface area (Å²) in [5.74, 6) is -0.0532. The molecule has 2 N–H and O–H groups in total. The van der Waals surface area contributed by atoms with E-state index in [1.165, 1.54) is 11.3 Å². The molecule has 1 atom stereocenters. The van der Waals surface area contributed by atoms with Gasteiger partial charge in [0.1, 0.15) is 4.88 Å². The molecule has 1 aromatic carbocycles. The summed E-state index contributed by atoms with van der Waals surface area (Å²) in [7, 11) is -3.54. The molecule has 0 aliphatic carbocycles. The van der Waals surface area contributed by atoms with Crippen molar-refractivity contribution in [1.29, 1.82) is 0 Å². The molecule has 1 saturated heterocycles. The maximum atomic E-state index is 13.0. The van der Waals surface area contributed by atoms with E-state index in [-0.39, 0.29) is 23.3 Å². The van der Waals surface area contributed by atoms with Gasteiger partial charge in [-0.2, -0.15) is 4.31 Å². The van der Waals surface area contributed by atoms with Gasteiger partial charge in [-0.3, -0.25) is 0 Å². The summed E-state index contributed by atoms with van der Waals surface area (Å²) >= 11 is 1.31. The number of hydrogen-bond acceptors (Lipinski definition) is 6. The van der Waals surface area contributed by atoms with E-state index in [0.29, 0.717) is 37.0 Å². The normalized spacial score (nSPS) is 18.2. The van der Waals surface area contributed by atoms with E-state index in [1.54, 1.807) is 35.5 Å². The molecule has 0 bridgehead atoms. The summed E-state index contributed by atoms with van der Waals surface area (Å²) in [6, 6.07) is 6.73. The molecule has 0 amide bonds. The first kappa shape index (κ1) is 22.1. The quantitative estimate of drug-likeness (QED) is 0.707. The Morgan fingerprint density at radius 3 is 2.85 bits per heavy atom. The highest BCUT2D eigenvalue weighted by atomic mass is 35.5. The molecule has 0 spiro atoms. The summed E-state index contributed by atoms with van der Waals surface area (Å²) in [4.78, 5) is 12.6. The molecule has 6 nitrogen and oxygen atoms in total. The van der Waals surface area contributed by atoms with Gasteiger partial charge in [-0.1, -0.05) is 0 Å². The van der Waals surface area contributed by atoms with Crippen molar-refractivity contribution in [3.05, 3.63) is 29.1 Å². The fourth-order valence-corrected chi connectivity index (χ4v) is 5.88. The first-order valence-corrected chi connectivity index (χ1v) is 11.1. The summed E-state index contributed by atoms with van der Waals surface area (Å²) < 4.78 is 33.5. The number of hydrogen-bond donors (Lipinski definition) is 1. The highest BCUT2D eigenvalue weighted by Crippen LogP contribution is 2.31. The summed E-state index contributed by atoms with van der Waals surface area (Å²) in [6.07, 6.45) is 2.73. The molecule has 1 aromatic heterocycles. The lowest BCUT2D eigenvalue weighted by Gasteiger charge is -2.31. The number of carbonyl (C=O) groups is 1. The van der Waals surface area contributed by atoms with Gasteiger partial charge in [0.25, 0.3) is 0 Å². The van der Waals surface area contributed by atoms with Crippen LogP contribution < -0.4 is 5.73 Å². The van der Waals surface area contributed by atoms with Gasteiger partial charge in [-0.25, -0.2) is 13.2 Å². The second-order valence-corrected chi connectivity index (χ2v) is 9.50. The second-order valence-electron chi connectivity index (χ2n) is 6.48. The van der Waals surface area contributed by atoms with Crippen molar-refractivity contribution in [3.8, 4) is 0 Å². The zero-order valence-electron chi connectivity index (χ0n) is 15.2. The van der Waals surface area contributed by atoms with Crippen molar-refractivity contribution in [2.45, 2.75) is 31.1 Å². The number of rotatable bonds is 6. The molecule has 0 saturated carbocycles. The summed E-state index contributed by atoms with van der Waals surface area (Å²) in [5, 5.41) is 0.745. The average Bonchev–Trinajstić information content (AvgIpc) is 3.06. The number of piperidine rings is 1. The van der Waals surface area contributed by atoms with E-state index >= 15 is 0 Å². The van der Waals surface area contributed by atoms with Crippen molar-refractivity contribution < 1.29 is 17.9 Å². The highest BCUT2D eigenvalue weighted by molar-refractivity contribution is 7.89. The van der Waals surface area contributed by atoms with Crippen molar-refractivity contribution in [2.24, 2.45) is 11.7 Å². The Morgan fingerprint density at radius 2 is 2.15 bits per heavy atom. The number of fused-ring (bicyclic) bond motifs is 1. The van der Waals surface area contributed by atoms with Crippen molar-refractivity contribution in [2.75, 3.05) is 26.2 Å². The monoisotopic (exact) mass is 432 g/mol. The Balaban J connectivity index is 0.00000261. The number of benzene rings is 1. The molecular formula is C18H25ClN2O4S2. The van der Waals surface area contributed by atoms with Crippen LogP contribution in [-0.2, 0) is 14.8 Å². The van der Waals surface area contributed by atoms with Gasteiger partial charge in [0.15, 0.2) is 0 Å². The summed E-state index contributed by atoms with van der Waals surface area (Å²) in [6.45, 7) is 3.71. The van der Waals surface area contributed by atoms with E-state index in [4.69, 9.17) is 10.5 Å². The maximum Gasteiger partial charge on any atom is 0.348 e. The SMILES string of the molecule is CCOC(=O)c1cc2cc(S(=O)(=O)N3CCCC(CCN)C3)ccc2s1.Cl. The topological polar surface area (TPSA) is 89.7 Å². The molecule has 9 heteroatoms. The Hall–Kier alpha value is -1.19. The Labute approximate surface area is 170 Å². The highest BCUT2D eigenvalue weighted by Gasteiger charge is 2.30. The van der Waals surface area contributed by atoms with Crippen molar-refractivity contribution in [3.63, 3.8) is 0 Å². The van der Waals surface area contributed by atoms with Crippen molar-refractivity contribution >= 4 is 49.8 Å². The van der Waals surface area contributed by atoms with Gasteiger partial charge in [0, 0.05) is 17.8 Å². The predicted molar refractivity (Wildman–Crippen MR) is 110 cm³/mol. The molecule has 1 fully saturated rings. The first-order valence-electron chi connectivity index (χ1n) is 8.86. The first-order chi connectivity index (χ1) is 12.5. The number of nitrogens with zero attached hydrogens (tertiary/aromatic N) is 1. The van der Waals surface area contributed by atoms with Gasteiger partial charge in [-0.15, -0.1) is 23.7 Å². The number of sulfonamides is 1. The van der Waals surface area contributed by atoms with Crippen LogP contribution in [0, 0.1) is 5.92 Å². The minimum absolute atomic E-state index is 0. The fourth-order valence-electron chi connectivity index (χ4n) is 3.35. The molecule has 27 heavy (non-hydrogen) atoms. The van der Waals surface area contributed by atoms with Crippen LogP contribution in [0.5, 0.6) is 0 Å². The van der Waals surface area contributed by atoms with Gasteiger partial charge < -0.3 is 10.5 Å². The van der Waals surface area contributed by atoms with Gasteiger partial charge >= 0.3 is 5.97 Å². The Bertz CT molecular complexity index is 896. The van der Waals surface area contributed by atoms with Gasteiger partial charge in [0.2, 0.25) is 10.0 Å². The number of ether oxygens (including phenoxy) is 1. The fraction of sp³-hybridized carbons (Fsp3) is 0.500.